The van der Waals surface area contributed by atoms with E-state index in [2.05, 4.69) is 55.2 Å². The predicted molar refractivity (Wildman–Crippen MR) is 170 cm³/mol. The van der Waals surface area contributed by atoms with Crippen molar-refractivity contribution in [2.24, 2.45) is 5.41 Å². The van der Waals surface area contributed by atoms with E-state index >= 15 is 0 Å². The van der Waals surface area contributed by atoms with Crippen molar-refractivity contribution in [3.63, 3.8) is 0 Å². The summed E-state index contributed by atoms with van der Waals surface area (Å²) >= 11 is 0. The van der Waals surface area contributed by atoms with E-state index in [1.54, 1.807) is 27.9 Å². The number of amides is 2. The van der Waals surface area contributed by atoms with E-state index in [0.29, 0.717) is 39.1 Å². The van der Waals surface area contributed by atoms with Gasteiger partial charge in [0.05, 0.1) is 12.7 Å². The highest BCUT2D eigenvalue weighted by Crippen LogP contribution is 2.23. The fourth-order valence-corrected chi connectivity index (χ4v) is 4.83. The number of nitrogens with zero attached hydrogens (tertiary/aromatic N) is 2. The Morgan fingerprint density at radius 1 is 1.09 bits per heavy atom. The molecule has 0 bridgehead atoms. The molecule has 0 spiro atoms. The number of hydrogen-bond donors (Lipinski definition) is 3. The number of carbonyl (C=O) groups excluding carboxylic acids is 3. The van der Waals surface area contributed by atoms with Crippen molar-refractivity contribution >= 4 is 18.0 Å². The lowest BCUT2D eigenvalue weighted by molar-refractivity contribution is -0.155. The fourth-order valence-electron chi connectivity index (χ4n) is 4.83. The van der Waals surface area contributed by atoms with Crippen LogP contribution in [0, 0.1) is 5.41 Å². The molecule has 0 aromatic rings. The highest BCUT2D eigenvalue weighted by molar-refractivity contribution is 5.86. The van der Waals surface area contributed by atoms with Crippen LogP contribution in [0.5, 0.6) is 0 Å². The second kappa shape index (κ2) is 19.1. The molecular formula is C32H61N5O6. The van der Waals surface area contributed by atoms with Crippen LogP contribution in [-0.4, -0.2) is 98.1 Å². The number of unbranched alkanes of at least 4 members (excludes halogenated alkanes) is 1. The zero-order valence-corrected chi connectivity index (χ0v) is 28.5. The van der Waals surface area contributed by atoms with Gasteiger partial charge in [0, 0.05) is 32.4 Å². The van der Waals surface area contributed by atoms with Gasteiger partial charge in [0.15, 0.2) is 0 Å². The lowest BCUT2D eigenvalue weighted by atomic mass is 9.89. The third-order valence-electron chi connectivity index (χ3n) is 7.37. The summed E-state index contributed by atoms with van der Waals surface area (Å²) in [6.45, 7) is 23.0. The zero-order chi connectivity index (χ0) is 32.6. The first kappa shape index (κ1) is 38.7. The Bertz CT molecular complexity index is 875. The summed E-state index contributed by atoms with van der Waals surface area (Å²) in [5.74, 6) is -0.670. The van der Waals surface area contributed by atoms with Gasteiger partial charge in [0.1, 0.15) is 17.7 Å². The number of rotatable bonds is 19. The van der Waals surface area contributed by atoms with Gasteiger partial charge in [-0.25, -0.2) is 10.2 Å². The molecule has 11 heteroatoms. The minimum Gasteiger partial charge on any atom is -0.464 e. The van der Waals surface area contributed by atoms with Crippen molar-refractivity contribution in [3.8, 4) is 0 Å². The highest BCUT2D eigenvalue weighted by Gasteiger charge is 2.35. The first-order valence-electron chi connectivity index (χ1n) is 16.0. The largest absolute Gasteiger partial charge is 0.464 e. The van der Waals surface area contributed by atoms with E-state index in [1.807, 2.05) is 6.92 Å². The van der Waals surface area contributed by atoms with Crippen LogP contribution >= 0.6 is 0 Å². The molecule has 11 nitrogen and oxygen atoms in total. The Kier molecular flexibility index (Phi) is 17.2. The lowest BCUT2D eigenvalue weighted by Crippen LogP contribution is -2.62. The molecule has 43 heavy (non-hydrogen) atoms. The van der Waals surface area contributed by atoms with Crippen LogP contribution in [0.1, 0.15) is 100 Å². The second-order valence-corrected chi connectivity index (χ2v) is 13.4. The van der Waals surface area contributed by atoms with Gasteiger partial charge in [-0.15, -0.1) is 0 Å². The van der Waals surface area contributed by atoms with Crippen LogP contribution in [0.4, 0.5) is 4.79 Å². The third kappa shape index (κ3) is 15.8. The topological polar surface area (TPSA) is 121 Å². The molecule has 1 saturated heterocycles. The van der Waals surface area contributed by atoms with Crippen molar-refractivity contribution in [2.45, 2.75) is 124 Å². The first-order valence-corrected chi connectivity index (χ1v) is 16.0. The molecule has 3 atom stereocenters. The number of esters is 1. The first-order chi connectivity index (χ1) is 20.1. The second-order valence-electron chi connectivity index (χ2n) is 13.4. The van der Waals surface area contributed by atoms with Crippen LogP contribution in [-0.2, 0) is 23.8 Å². The van der Waals surface area contributed by atoms with E-state index in [1.165, 1.54) is 5.01 Å². The van der Waals surface area contributed by atoms with Crippen LogP contribution in [0.3, 0.4) is 0 Å². The Morgan fingerprint density at radius 3 is 2.37 bits per heavy atom. The molecule has 0 radical (unpaired) electrons. The molecule has 1 heterocycles. The molecule has 0 aromatic carbocycles. The van der Waals surface area contributed by atoms with Crippen molar-refractivity contribution < 1.29 is 28.6 Å². The van der Waals surface area contributed by atoms with Gasteiger partial charge >= 0.3 is 12.1 Å². The summed E-state index contributed by atoms with van der Waals surface area (Å²) in [7, 11) is 1.65. The smallest absolute Gasteiger partial charge is 0.408 e. The minimum absolute atomic E-state index is 0.0859. The van der Waals surface area contributed by atoms with E-state index < -0.39 is 23.8 Å². The maximum Gasteiger partial charge on any atom is 0.408 e. The standard InChI is InChI=1S/C32H61N5O6/c1-11-13-19-36(20-15-18-33-24(3)25(4)41-10)22-27(34-30(40)43-31(5,6)7)28(38)37-21-14-16-26(35-37)29(39)42-23-32(8,9)17-12-2/h25-27,33,35H,3,11-23H2,1-2,4-10H3,(H,34,40)/t25-,26-,27-/m0/s1. The quantitative estimate of drug-likeness (QED) is 0.144. The summed E-state index contributed by atoms with van der Waals surface area (Å²) in [5, 5.41) is 7.59. The van der Waals surface area contributed by atoms with Crippen molar-refractivity contribution in [1.82, 2.24) is 26.0 Å². The molecule has 3 N–H and O–H groups in total. The number of ether oxygens (including phenoxy) is 3. The Morgan fingerprint density at radius 2 is 1.77 bits per heavy atom. The van der Waals surface area contributed by atoms with Crippen LogP contribution < -0.4 is 16.1 Å². The minimum atomic E-state index is -0.867. The highest BCUT2D eigenvalue weighted by atomic mass is 16.6. The van der Waals surface area contributed by atoms with Crippen molar-refractivity contribution in [3.05, 3.63) is 12.3 Å². The molecule has 0 saturated carbocycles. The molecule has 0 aliphatic carbocycles. The Labute approximate surface area is 260 Å². The number of alkyl carbamates (subject to hydrolysis) is 1. The monoisotopic (exact) mass is 611 g/mol. The molecular weight excluding hydrogens is 550 g/mol. The number of carbonyl (C=O) groups is 3. The maximum absolute atomic E-state index is 13.9. The SMILES string of the molecule is C=C(NCCCN(CCCC)C[C@H](NC(=O)OC(C)(C)C)C(=O)N1CCC[C@@H](C(=O)OCC(C)(C)CCC)N1)[C@H](C)OC. The molecule has 1 aliphatic rings. The number of hydrogen-bond acceptors (Lipinski definition) is 9. The normalized spacial score (nSPS) is 17.3. The number of hydrazine groups is 1. The summed E-state index contributed by atoms with van der Waals surface area (Å²) < 4.78 is 16.5. The van der Waals surface area contributed by atoms with E-state index in [0.717, 1.165) is 50.9 Å². The summed E-state index contributed by atoms with van der Waals surface area (Å²) in [5.41, 5.74) is 3.09. The van der Waals surface area contributed by atoms with Gasteiger partial charge in [-0.1, -0.05) is 47.1 Å². The molecule has 0 aromatic heterocycles. The average Bonchev–Trinajstić information content (AvgIpc) is 2.94. The fraction of sp³-hybridized carbons (Fsp3) is 0.844. The lowest BCUT2D eigenvalue weighted by Gasteiger charge is -2.37. The predicted octanol–water partition coefficient (Wildman–Crippen LogP) is 4.38. The van der Waals surface area contributed by atoms with E-state index in [4.69, 9.17) is 14.2 Å². The third-order valence-corrected chi connectivity index (χ3v) is 7.37. The van der Waals surface area contributed by atoms with Gasteiger partial charge in [0.25, 0.3) is 5.91 Å². The van der Waals surface area contributed by atoms with Gasteiger partial charge in [-0.05, 0) is 78.3 Å². The molecule has 2 amide bonds. The molecule has 1 rings (SSSR count). The number of nitrogens with one attached hydrogen (secondary N) is 3. The average molecular weight is 612 g/mol. The van der Waals surface area contributed by atoms with E-state index in [-0.39, 0.29) is 23.4 Å². The van der Waals surface area contributed by atoms with Gasteiger partial charge < -0.3 is 29.7 Å². The van der Waals surface area contributed by atoms with Crippen molar-refractivity contribution in [1.29, 1.82) is 0 Å². The summed E-state index contributed by atoms with van der Waals surface area (Å²) in [6, 6.07) is -1.49. The maximum atomic E-state index is 13.9. The number of methoxy groups -OCH3 is 1. The van der Waals surface area contributed by atoms with Crippen LogP contribution in [0.2, 0.25) is 0 Å². The zero-order valence-electron chi connectivity index (χ0n) is 28.5. The molecule has 250 valence electrons. The summed E-state index contributed by atoms with van der Waals surface area (Å²) in [4.78, 5) is 41.8. The molecule has 1 aliphatic heterocycles. The van der Waals surface area contributed by atoms with Crippen LogP contribution in [0.15, 0.2) is 12.3 Å². The van der Waals surface area contributed by atoms with E-state index in [9.17, 15) is 14.4 Å². The van der Waals surface area contributed by atoms with Gasteiger partial charge in [-0.2, -0.15) is 0 Å². The molecule has 1 fully saturated rings. The Hall–Kier alpha value is -2.37. The van der Waals surface area contributed by atoms with Crippen LogP contribution in [0.25, 0.3) is 0 Å². The van der Waals surface area contributed by atoms with Crippen molar-refractivity contribution in [2.75, 3.05) is 46.4 Å². The Balaban J connectivity index is 2.99. The van der Waals surface area contributed by atoms with Gasteiger partial charge in [-0.3, -0.25) is 14.6 Å². The summed E-state index contributed by atoms with van der Waals surface area (Å²) in [6.07, 6.45) is 5.21. The van der Waals surface area contributed by atoms with Gasteiger partial charge in [0.2, 0.25) is 0 Å². The molecule has 0 unspecified atom stereocenters.